The molecule has 4 unspecified atom stereocenters. The fraction of sp³-hybridized carbons (Fsp3) is 0.737. The molecule has 2 heterocycles. The van der Waals surface area contributed by atoms with E-state index in [2.05, 4.69) is 84.2 Å². The third-order valence-corrected chi connectivity index (χ3v) is 16.9. The van der Waals surface area contributed by atoms with Gasteiger partial charge in [-0.15, -0.1) is 22.7 Å². The number of nitrogens with one attached hydrogen (secondary N) is 4. The van der Waals surface area contributed by atoms with Crippen molar-refractivity contribution in [2.75, 3.05) is 39.3 Å². The Hall–Kier alpha value is -0.0805. The summed E-state index contributed by atoms with van der Waals surface area (Å²) in [4.78, 5) is 0. The molecule has 6 fully saturated rings. The molecule has 2 saturated heterocycles. The summed E-state index contributed by atoms with van der Waals surface area (Å²) in [6.07, 6.45) is 9.00. The van der Waals surface area contributed by atoms with Gasteiger partial charge in [-0.3, -0.25) is 0 Å². The van der Waals surface area contributed by atoms with Crippen molar-refractivity contribution >= 4 is 17.2 Å². The second kappa shape index (κ2) is 14.8. The Balaban J connectivity index is 0.000000609. The molecule has 45 heavy (non-hydrogen) atoms. The molecule has 7 heteroatoms. The average Bonchev–Trinajstić information content (AvgIpc) is 3.70. The van der Waals surface area contributed by atoms with E-state index in [1.807, 2.05) is 30.3 Å². The van der Waals surface area contributed by atoms with E-state index in [1.54, 1.807) is 17.5 Å². The molecule has 0 spiro atoms. The zero-order valence-corrected chi connectivity index (χ0v) is 32.1. The number of hydrogen-bond donors (Lipinski definition) is 4. The quantitative estimate of drug-likeness (QED) is 0.151. The first-order valence-corrected chi connectivity index (χ1v) is 20.0. The van der Waals surface area contributed by atoms with Crippen molar-refractivity contribution in [3.8, 4) is 0 Å². The van der Waals surface area contributed by atoms with Crippen molar-refractivity contribution < 1.29 is 17.1 Å². The van der Waals surface area contributed by atoms with E-state index >= 15 is 0 Å². The Morgan fingerprint density at radius 3 is 1.67 bits per heavy atom. The Kier molecular flexibility index (Phi) is 11.9. The van der Waals surface area contributed by atoms with Crippen molar-refractivity contribution in [1.82, 2.24) is 21.3 Å². The van der Waals surface area contributed by atoms with E-state index in [1.165, 1.54) is 37.4 Å². The van der Waals surface area contributed by atoms with Crippen LogP contribution in [0.4, 0.5) is 0 Å². The van der Waals surface area contributed by atoms with Crippen molar-refractivity contribution in [2.24, 2.45) is 23.7 Å². The molecule has 258 valence electrons. The largest absolute Gasteiger partial charge is 0.748 e. The standard InChI is InChI=1S/C33H57N4P2.C5H5.Fe/c1-31(2,3)26-16-25(20-39(32(4,5)6)30-23-12-21-11-22(14-23)15-24(30)13-21)27(17-26)33(38,28-18-34-7-9-36-28)29-19-35-8-10-37-29;1-2-4-5-3-1;/h16-17,21-24,28-30,34-37H,7-15,18-20,38H2,1-6H3;1-5H;/q-1;-5;. The Bertz CT molecular complexity index is 1120. The van der Waals surface area contributed by atoms with Crippen molar-refractivity contribution in [3.63, 3.8) is 0 Å². The number of piperazine rings is 2. The second-order valence-corrected chi connectivity index (χ2v) is 21.1. The SMILES string of the molecule is CC(C)(C)c1cc(C(P)(C2CNCCN2)C2CNCCN2)[c-](CP(C2C3CC4CC(C3)CC2C4)C(C)(C)C)c1.[Fe].[cH-]1[cH-][cH-][cH-][cH-]1. The van der Waals surface area contributed by atoms with E-state index in [9.17, 15) is 0 Å². The van der Waals surface area contributed by atoms with Gasteiger partial charge in [0.15, 0.2) is 0 Å². The number of hydrogen-bond acceptors (Lipinski definition) is 4. The molecule has 2 aromatic rings. The summed E-state index contributed by atoms with van der Waals surface area (Å²) in [5.41, 5.74) is 5.93. The molecule has 4 saturated carbocycles. The average molecular weight is 693 g/mol. The van der Waals surface area contributed by atoms with E-state index in [4.69, 9.17) is 0 Å². The van der Waals surface area contributed by atoms with Gasteiger partial charge in [0.1, 0.15) is 0 Å². The molecule has 4 N–H and O–H groups in total. The van der Waals surface area contributed by atoms with Crippen LogP contribution < -0.4 is 21.3 Å². The van der Waals surface area contributed by atoms with Crippen LogP contribution in [0.1, 0.15) is 90.3 Å². The van der Waals surface area contributed by atoms with Gasteiger partial charge in [0.2, 0.25) is 0 Å². The predicted octanol–water partition coefficient (Wildman–Crippen LogP) is 6.90. The maximum atomic E-state index is 3.97. The smallest absolute Gasteiger partial charge is 0.0319 e. The molecule has 4 nitrogen and oxygen atoms in total. The summed E-state index contributed by atoms with van der Waals surface area (Å²) < 4.78 is 0. The van der Waals surface area contributed by atoms with Crippen LogP contribution in [0.2, 0.25) is 0 Å². The minimum atomic E-state index is -0.130. The molecule has 0 aromatic heterocycles. The molecular formula is C38H62FeN4P2-6. The van der Waals surface area contributed by atoms with E-state index in [0.29, 0.717) is 17.2 Å². The van der Waals surface area contributed by atoms with Gasteiger partial charge in [-0.05, 0) is 66.6 Å². The molecule has 4 aliphatic carbocycles. The van der Waals surface area contributed by atoms with E-state index in [-0.39, 0.29) is 35.6 Å². The van der Waals surface area contributed by atoms with Gasteiger partial charge < -0.3 is 51.6 Å². The molecule has 0 radical (unpaired) electrons. The molecule has 4 bridgehead atoms. The topological polar surface area (TPSA) is 48.1 Å². The van der Waals surface area contributed by atoms with Gasteiger partial charge in [-0.1, -0.05) is 53.1 Å². The summed E-state index contributed by atoms with van der Waals surface area (Å²) in [6.45, 7) is 21.3. The monoisotopic (exact) mass is 692 g/mol. The summed E-state index contributed by atoms with van der Waals surface area (Å²) in [6, 6.07) is 16.1. The third-order valence-electron chi connectivity index (χ3n) is 11.8. The first kappa shape index (κ1) is 36.2. The van der Waals surface area contributed by atoms with E-state index in [0.717, 1.165) is 68.6 Å². The number of rotatable bonds is 6. The molecule has 2 aromatic carbocycles. The van der Waals surface area contributed by atoms with Crippen LogP contribution in [0.3, 0.4) is 0 Å². The minimum absolute atomic E-state index is 0. The Labute approximate surface area is 289 Å². The molecule has 6 aliphatic rings. The molecule has 4 atom stereocenters. The third kappa shape index (κ3) is 7.89. The van der Waals surface area contributed by atoms with Gasteiger partial charge in [-0.2, -0.15) is 17.2 Å². The first-order valence-electron chi connectivity index (χ1n) is 17.9. The Morgan fingerprint density at radius 1 is 0.778 bits per heavy atom. The van der Waals surface area contributed by atoms with Crippen LogP contribution in [0.15, 0.2) is 42.5 Å². The summed E-state index contributed by atoms with van der Waals surface area (Å²) in [5, 5.41) is 15.7. The van der Waals surface area contributed by atoms with Crippen molar-refractivity contribution in [2.45, 2.75) is 113 Å². The van der Waals surface area contributed by atoms with Crippen molar-refractivity contribution in [1.29, 1.82) is 0 Å². The van der Waals surface area contributed by atoms with Crippen LogP contribution in [-0.2, 0) is 33.8 Å². The predicted molar refractivity (Wildman–Crippen MR) is 195 cm³/mol. The fourth-order valence-corrected chi connectivity index (χ4v) is 14.3. The maximum Gasteiger partial charge on any atom is 0.0319 e. The maximum absolute atomic E-state index is 3.97. The van der Waals surface area contributed by atoms with Gasteiger partial charge in [0.25, 0.3) is 0 Å². The van der Waals surface area contributed by atoms with Crippen LogP contribution in [0, 0.1) is 23.7 Å². The molecule has 8 rings (SSSR count). The van der Waals surface area contributed by atoms with Crippen LogP contribution >= 0.6 is 17.2 Å². The normalized spacial score (nSPS) is 33.4. The second-order valence-electron chi connectivity index (χ2n) is 17.0. The van der Waals surface area contributed by atoms with Crippen LogP contribution in [0.5, 0.6) is 0 Å². The fourth-order valence-electron chi connectivity index (χ4n) is 9.82. The van der Waals surface area contributed by atoms with Gasteiger partial charge in [0.05, 0.1) is 0 Å². The van der Waals surface area contributed by atoms with Gasteiger partial charge in [0, 0.05) is 73.6 Å². The molecule has 2 aliphatic heterocycles. The minimum Gasteiger partial charge on any atom is -0.748 e. The first-order chi connectivity index (χ1) is 20.9. The summed E-state index contributed by atoms with van der Waals surface area (Å²) in [5.74, 6) is 4.11. The van der Waals surface area contributed by atoms with Crippen LogP contribution in [0.25, 0.3) is 0 Å². The zero-order chi connectivity index (χ0) is 31.1. The molecular weight excluding hydrogens is 630 g/mol. The Morgan fingerprint density at radius 2 is 1.27 bits per heavy atom. The summed E-state index contributed by atoms with van der Waals surface area (Å²) >= 11 is 0. The van der Waals surface area contributed by atoms with Gasteiger partial charge in [-0.25, -0.2) is 6.07 Å². The van der Waals surface area contributed by atoms with Crippen LogP contribution in [-0.4, -0.2) is 62.2 Å². The van der Waals surface area contributed by atoms with Crippen molar-refractivity contribution in [3.05, 3.63) is 59.2 Å². The summed E-state index contributed by atoms with van der Waals surface area (Å²) in [7, 11) is 3.33. The van der Waals surface area contributed by atoms with E-state index < -0.39 is 0 Å². The van der Waals surface area contributed by atoms with Gasteiger partial charge >= 0.3 is 0 Å². The molecule has 0 amide bonds. The zero-order valence-electron chi connectivity index (χ0n) is 28.9.